The minimum absolute atomic E-state index is 0.525. The first-order valence-corrected chi connectivity index (χ1v) is 5.71. The number of fused-ring (bicyclic) bond motifs is 1. The van der Waals surface area contributed by atoms with Crippen molar-refractivity contribution in [1.82, 2.24) is 9.55 Å². The molecule has 3 nitrogen and oxygen atoms in total. The second-order valence-corrected chi connectivity index (χ2v) is 4.05. The van der Waals surface area contributed by atoms with Crippen LogP contribution in [0.15, 0.2) is 13.2 Å². The van der Waals surface area contributed by atoms with Gasteiger partial charge in [-0.05, 0) is 18.9 Å². The van der Waals surface area contributed by atoms with Crippen molar-refractivity contribution in [1.29, 1.82) is 5.41 Å². The fourth-order valence-electron chi connectivity index (χ4n) is 2.17. The summed E-state index contributed by atoms with van der Waals surface area (Å²) in [6.45, 7) is 8.40. The predicted octanol–water partition coefficient (Wildman–Crippen LogP) is 2.37. The van der Waals surface area contributed by atoms with Crippen LogP contribution < -0.4 is 5.49 Å². The first-order chi connectivity index (χ1) is 7.77. The van der Waals surface area contributed by atoms with Gasteiger partial charge in [-0.15, -0.1) is 0 Å². The molecule has 1 aliphatic rings. The second kappa shape index (κ2) is 4.47. The number of rotatable bonds is 2. The quantitative estimate of drug-likeness (QED) is 0.808. The molecule has 0 spiro atoms. The van der Waals surface area contributed by atoms with Crippen LogP contribution in [0.1, 0.15) is 36.3 Å². The highest BCUT2D eigenvalue weighted by atomic mass is 15.1. The van der Waals surface area contributed by atoms with Crippen molar-refractivity contribution in [2.75, 3.05) is 0 Å². The van der Waals surface area contributed by atoms with E-state index in [0.29, 0.717) is 5.49 Å². The SMILES string of the molecule is C=Cc1nc2n(c(=N)c1C=C)CCCCC2. The van der Waals surface area contributed by atoms with Gasteiger partial charge in [-0.3, -0.25) is 5.41 Å². The van der Waals surface area contributed by atoms with E-state index in [-0.39, 0.29) is 0 Å². The lowest BCUT2D eigenvalue weighted by Crippen LogP contribution is -2.27. The van der Waals surface area contributed by atoms with Crippen LogP contribution in [0.2, 0.25) is 0 Å². The molecule has 1 N–H and O–H groups in total. The van der Waals surface area contributed by atoms with E-state index in [9.17, 15) is 0 Å². The highest BCUT2D eigenvalue weighted by Gasteiger charge is 2.12. The molecule has 1 aromatic heterocycles. The molecule has 0 bridgehead atoms. The summed E-state index contributed by atoms with van der Waals surface area (Å²) in [5.41, 5.74) is 2.10. The van der Waals surface area contributed by atoms with E-state index in [4.69, 9.17) is 5.41 Å². The van der Waals surface area contributed by atoms with Gasteiger partial charge in [0.2, 0.25) is 0 Å². The number of hydrogen-bond acceptors (Lipinski definition) is 2. The van der Waals surface area contributed by atoms with Crippen LogP contribution in [0.4, 0.5) is 0 Å². The van der Waals surface area contributed by atoms with Gasteiger partial charge in [-0.2, -0.15) is 0 Å². The Labute approximate surface area is 95.7 Å². The van der Waals surface area contributed by atoms with Crippen LogP contribution >= 0.6 is 0 Å². The van der Waals surface area contributed by atoms with Gasteiger partial charge in [0.25, 0.3) is 0 Å². The minimum atomic E-state index is 0.525. The molecule has 16 heavy (non-hydrogen) atoms. The van der Waals surface area contributed by atoms with E-state index in [2.05, 4.69) is 18.1 Å². The molecule has 1 aromatic rings. The van der Waals surface area contributed by atoms with E-state index < -0.39 is 0 Å². The van der Waals surface area contributed by atoms with Crippen molar-refractivity contribution in [2.45, 2.75) is 32.2 Å². The Morgan fingerprint density at radius 1 is 1.19 bits per heavy atom. The summed E-state index contributed by atoms with van der Waals surface area (Å²) in [6, 6.07) is 0. The maximum Gasteiger partial charge on any atom is 0.135 e. The molecule has 0 aromatic carbocycles. The first-order valence-electron chi connectivity index (χ1n) is 5.71. The van der Waals surface area contributed by atoms with Gasteiger partial charge in [0.1, 0.15) is 11.3 Å². The highest BCUT2D eigenvalue weighted by Crippen LogP contribution is 2.13. The average molecular weight is 215 g/mol. The maximum absolute atomic E-state index is 8.17. The van der Waals surface area contributed by atoms with Crippen LogP contribution in [-0.2, 0) is 13.0 Å². The van der Waals surface area contributed by atoms with Gasteiger partial charge >= 0.3 is 0 Å². The summed E-state index contributed by atoms with van der Waals surface area (Å²) in [5, 5.41) is 8.17. The van der Waals surface area contributed by atoms with E-state index in [0.717, 1.165) is 42.9 Å². The number of nitrogens with one attached hydrogen (secondary N) is 1. The van der Waals surface area contributed by atoms with Gasteiger partial charge in [0.15, 0.2) is 0 Å². The first kappa shape index (κ1) is 10.9. The molecular formula is C13H17N3. The van der Waals surface area contributed by atoms with E-state index in [1.54, 1.807) is 12.2 Å². The zero-order chi connectivity index (χ0) is 11.5. The third-order valence-corrected chi connectivity index (χ3v) is 3.04. The molecule has 3 heteroatoms. The number of aromatic nitrogens is 2. The van der Waals surface area contributed by atoms with Crippen LogP contribution in [0.3, 0.4) is 0 Å². The lowest BCUT2D eigenvalue weighted by Gasteiger charge is -2.13. The van der Waals surface area contributed by atoms with Crippen molar-refractivity contribution in [3.05, 3.63) is 35.7 Å². The molecule has 2 rings (SSSR count). The summed E-state index contributed by atoms with van der Waals surface area (Å²) >= 11 is 0. The van der Waals surface area contributed by atoms with Crippen molar-refractivity contribution < 1.29 is 0 Å². The summed E-state index contributed by atoms with van der Waals surface area (Å²) in [7, 11) is 0. The van der Waals surface area contributed by atoms with Gasteiger partial charge in [0.05, 0.1) is 5.69 Å². The molecule has 0 aliphatic carbocycles. The molecule has 0 saturated carbocycles. The zero-order valence-corrected chi connectivity index (χ0v) is 9.50. The third kappa shape index (κ3) is 1.73. The number of nitrogens with zero attached hydrogens (tertiary/aromatic N) is 2. The number of aryl methyl sites for hydroxylation is 1. The van der Waals surface area contributed by atoms with Crippen molar-refractivity contribution in [3.8, 4) is 0 Å². The third-order valence-electron chi connectivity index (χ3n) is 3.04. The molecule has 0 saturated heterocycles. The highest BCUT2D eigenvalue weighted by molar-refractivity contribution is 5.59. The second-order valence-electron chi connectivity index (χ2n) is 4.05. The molecule has 1 aliphatic heterocycles. The molecule has 0 unspecified atom stereocenters. The van der Waals surface area contributed by atoms with Crippen LogP contribution in [0.25, 0.3) is 12.2 Å². The van der Waals surface area contributed by atoms with Crippen LogP contribution in [0, 0.1) is 5.41 Å². The van der Waals surface area contributed by atoms with Crippen molar-refractivity contribution >= 4 is 12.2 Å². The Morgan fingerprint density at radius 2 is 2.00 bits per heavy atom. The van der Waals surface area contributed by atoms with Gasteiger partial charge in [-0.1, -0.05) is 25.7 Å². The van der Waals surface area contributed by atoms with Crippen LogP contribution in [0.5, 0.6) is 0 Å². The summed E-state index contributed by atoms with van der Waals surface area (Å²) in [6.07, 6.45) is 7.89. The Bertz CT molecular complexity index is 483. The molecule has 0 fully saturated rings. The van der Waals surface area contributed by atoms with Gasteiger partial charge < -0.3 is 4.57 Å². The molecule has 0 amide bonds. The van der Waals surface area contributed by atoms with Crippen LogP contribution in [-0.4, -0.2) is 9.55 Å². The topological polar surface area (TPSA) is 41.7 Å². The average Bonchev–Trinajstić information content (AvgIpc) is 2.54. The Hall–Kier alpha value is -1.64. The summed E-state index contributed by atoms with van der Waals surface area (Å²) in [4.78, 5) is 4.58. The Balaban J connectivity index is 2.68. The van der Waals surface area contributed by atoms with Crippen molar-refractivity contribution in [3.63, 3.8) is 0 Å². The molecular weight excluding hydrogens is 198 g/mol. The Morgan fingerprint density at radius 3 is 2.69 bits per heavy atom. The Kier molecular flexibility index (Phi) is 3.04. The monoisotopic (exact) mass is 215 g/mol. The summed E-state index contributed by atoms with van der Waals surface area (Å²) < 4.78 is 2.01. The zero-order valence-electron chi connectivity index (χ0n) is 9.50. The fraction of sp³-hybridized carbons (Fsp3) is 0.385. The molecule has 0 radical (unpaired) electrons. The largest absolute Gasteiger partial charge is 0.314 e. The van der Waals surface area contributed by atoms with E-state index in [1.807, 2.05) is 4.57 Å². The lowest BCUT2D eigenvalue weighted by molar-refractivity contribution is 0.594. The van der Waals surface area contributed by atoms with Gasteiger partial charge in [-0.25, -0.2) is 4.98 Å². The normalized spacial score (nSPS) is 15.0. The van der Waals surface area contributed by atoms with E-state index >= 15 is 0 Å². The molecule has 2 heterocycles. The molecule has 84 valence electrons. The maximum atomic E-state index is 8.17. The predicted molar refractivity (Wildman–Crippen MR) is 65.8 cm³/mol. The smallest absolute Gasteiger partial charge is 0.135 e. The van der Waals surface area contributed by atoms with Crippen molar-refractivity contribution in [2.24, 2.45) is 0 Å². The fourth-order valence-corrected chi connectivity index (χ4v) is 2.17. The van der Waals surface area contributed by atoms with Gasteiger partial charge in [0, 0.05) is 18.5 Å². The van der Waals surface area contributed by atoms with E-state index in [1.165, 1.54) is 6.42 Å². The summed E-state index contributed by atoms with van der Waals surface area (Å²) in [5.74, 6) is 1.02. The standard InChI is InChI=1S/C13H17N3/c1-3-10-11(4-2)15-12-8-6-5-7-9-16(12)13(10)14/h3-4,14H,1-2,5-9H2. The minimum Gasteiger partial charge on any atom is -0.314 e. The number of hydrogen-bond donors (Lipinski definition) is 1. The molecule has 0 atom stereocenters. The lowest BCUT2D eigenvalue weighted by atomic mass is 10.2.